The Labute approximate surface area is 197 Å². The first-order chi connectivity index (χ1) is 16.5. The van der Waals surface area contributed by atoms with Gasteiger partial charge in [0.15, 0.2) is 0 Å². The summed E-state index contributed by atoms with van der Waals surface area (Å²) in [6.45, 7) is 1.63. The molecule has 1 aliphatic rings. The Kier molecular flexibility index (Phi) is 7.39. The number of carbonyl (C=O) groups is 1. The van der Waals surface area contributed by atoms with Crippen molar-refractivity contribution in [1.82, 2.24) is 4.90 Å². The van der Waals surface area contributed by atoms with E-state index in [1.54, 1.807) is 19.2 Å². The van der Waals surface area contributed by atoms with Crippen LogP contribution in [-0.2, 0) is 9.47 Å². The van der Waals surface area contributed by atoms with Crippen molar-refractivity contribution < 1.29 is 23.9 Å². The molecule has 0 saturated heterocycles. The fourth-order valence-corrected chi connectivity index (χ4v) is 3.98. The van der Waals surface area contributed by atoms with E-state index in [0.29, 0.717) is 32.1 Å². The van der Waals surface area contributed by atoms with Gasteiger partial charge in [0.2, 0.25) is 0 Å². The van der Waals surface area contributed by atoms with E-state index in [1.807, 2.05) is 24.3 Å². The Morgan fingerprint density at radius 3 is 2.15 bits per heavy atom. The molecule has 0 radical (unpaired) electrons. The van der Waals surface area contributed by atoms with Crippen LogP contribution in [0.1, 0.15) is 17.0 Å². The lowest BCUT2D eigenvalue weighted by Crippen LogP contribution is -2.32. The van der Waals surface area contributed by atoms with Crippen LogP contribution in [0.15, 0.2) is 72.8 Å². The molecule has 176 valence electrons. The van der Waals surface area contributed by atoms with E-state index in [1.165, 1.54) is 39.3 Å². The molecule has 3 aromatic carbocycles. The highest BCUT2D eigenvalue weighted by Gasteiger charge is 2.29. The van der Waals surface area contributed by atoms with E-state index in [9.17, 15) is 14.9 Å². The molecule has 0 unspecified atom stereocenters. The molecule has 0 aliphatic heterocycles. The highest BCUT2D eigenvalue weighted by molar-refractivity contribution is 5.79. The molecule has 34 heavy (non-hydrogen) atoms. The zero-order valence-corrected chi connectivity index (χ0v) is 18.9. The molecule has 0 spiro atoms. The molecule has 0 N–H and O–H groups in total. The van der Waals surface area contributed by atoms with Crippen molar-refractivity contribution in [3.05, 3.63) is 94.0 Å². The Bertz CT molecular complexity index is 1100. The predicted octanol–water partition coefficient (Wildman–Crippen LogP) is 4.87. The summed E-state index contributed by atoms with van der Waals surface area (Å²) in [7, 11) is 1.68. The molecule has 8 nitrogen and oxygen atoms in total. The van der Waals surface area contributed by atoms with Crippen LogP contribution in [0.4, 0.5) is 10.5 Å². The minimum absolute atomic E-state index is 0.0138. The Morgan fingerprint density at radius 2 is 1.53 bits per heavy atom. The first-order valence-electron chi connectivity index (χ1n) is 11.1. The van der Waals surface area contributed by atoms with Crippen molar-refractivity contribution in [3.63, 3.8) is 0 Å². The number of fused-ring (bicyclic) bond motifs is 3. The summed E-state index contributed by atoms with van der Waals surface area (Å²) in [6, 6.07) is 22.3. The SMILES string of the molecule is CN(CCOCCOc1ccc([N+](=O)[O-])cc1)C(=O)OCC1c2ccccc2-c2ccccc21. The molecule has 1 aliphatic carbocycles. The average molecular weight is 463 g/mol. The van der Waals surface area contributed by atoms with Gasteiger partial charge >= 0.3 is 6.09 Å². The summed E-state index contributed by atoms with van der Waals surface area (Å²) < 4.78 is 16.6. The lowest BCUT2D eigenvalue weighted by atomic mass is 9.98. The summed E-state index contributed by atoms with van der Waals surface area (Å²) in [4.78, 5) is 24.2. The number of hydrogen-bond acceptors (Lipinski definition) is 6. The lowest BCUT2D eigenvalue weighted by Gasteiger charge is -2.19. The van der Waals surface area contributed by atoms with E-state index in [2.05, 4.69) is 24.3 Å². The van der Waals surface area contributed by atoms with E-state index >= 15 is 0 Å². The molecule has 8 heteroatoms. The third kappa shape index (κ3) is 5.35. The third-order valence-electron chi connectivity index (χ3n) is 5.76. The maximum absolute atomic E-state index is 12.5. The molecule has 0 fully saturated rings. The molecular weight excluding hydrogens is 436 g/mol. The number of nitrogens with zero attached hydrogens (tertiary/aromatic N) is 2. The largest absolute Gasteiger partial charge is 0.491 e. The van der Waals surface area contributed by atoms with Crippen LogP contribution in [0.3, 0.4) is 0 Å². The molecular formula is C26H26N2O6. The van der Waals surface area contributed by atoms with Crippen molar-refractivity contribution in [2.75, 3.05) is 40.0 Å². The van der Waals surface area contributed by atoms with Gasteiger partial charge < -0.3 is 19.1 Å². The second-order valence-corrected chi connectivity index (χ2v) is 7.94. The summed E-state index contributed by atoms with van der Waals surface area (Å²) in [5.41, 5.74) is 4.75. The summed E-state index contributed by atoms with van der Waals surface area (Å²) >= 11 is 0. The number of non-ortho nitro benzene ring substituents is 1. The Balaban J connectivity index is 1.17. The van der Waals surface area contributed by atoms with Gasteiger partial charge in [-0.15, -0.1) is 0 Å². The smallest absolute Gasteiger partial charge is 0.409 e. The van der Waals surface area contributed by atoms with Crippen molar-refractivity contribution >= 4 is 11.8 Å². The maximum atomic E-state index is 12.5. The summed E-state index contributed by atoms with van der Waals surface area (Å²) in [5, 5.41) is 10.7. The van der Waals surface area contributed by atoms with E-state index in [-0.39, 0.29) is 18.2 Å². The Morgan fingerprint density at radius 1 is 0.912 bits per heavy atom. The molecule has 0 saturated carbocycles. The standard InChI is InChI=1S/C26H26N2O6/c1-27(14-15-32-16-17-33-20-12-10-19(11-13-20)28(30)31)26(29)34-18-25-23-8-4-2-6-21(23)22-7-3-5-9-24(22)25/h2-13,25H,14-18H2,1H3. The minimum Gasteiger partial charge on any atom is -0.491 e. The molecule has 0 heterocycles. The van der Waals surface area contributed by atoms with Gasteiger partial charge in [-0.25, -0.2) is 4.79 Å². The molecule has 0 atom stereocenters. The third-order valence-corrected chi connectivity index (χ3v) is 5.76. The minimum atomic E-state index is -0.458. The number of rotatable bonds is 10. The maximum Gasteiger partial charge on any atom is 0.409 e. The van der Waals surface area contributed by atoms with Gasteiger partial charge in [0.1, 0.15) is 19.0 Å². The van der Waals surface area contributed by atoms with Gasteiger partial charge in [0.25, 0.3) is 5.69 Å². The first kappa shape index (κ1) is 23.3. The van der Waals surface area contributed by atoms with Gasteiger partial charge in [-0.2, -0.15) is 0 Å². The number of likely N-dealkylation sites (N-methyl/N-ethyl adjacent to an activating group) is 1. The zero-order valence-electron chi connectivity index (χ0n) is 18.9. The second kappa shape index (κ2) is 10.8. The number of carbonyl (C=O) groups excluding carboxylic acids is 1. The van der Waals surface area contributed by atoms with Gasteiger partial charge in [0.05, 0.1) is 18.1 Å². The van der Waals surface area contributed by atoms with Gasteiger partial charge in [0, 0.05) is 31.6 Å². The first-order valence-corrected chi connectivity index (χ1v) is 11.1. The van der Waals surface area contributed by atoms with Crippen LogP contribution >= 0.6 is 0 Å². The zero-order chi connectivity index (χ0) is 23.9. The van der Waals surface area contributed by atoms with Crippen LogP contribution in [0.2, 0.25) is 0 Å². The average Bonchev–Trinajstić information content (AvgIpc) is 3.18. The van der Waals surface area contributed by atoms with Crippen molar-refractivity contribution in [2.24, 2.45) is 0 Å². The fraction of sp³-hybridized carbons (Fsp3) is 0.269. The predicted molar refractivity (Wildman–Crippen MR) is 127 cm³/mol. The van der Waals surface area contributed by atoms with Crippen LogP contribution < -0.4 is 4.74 Å². The normalized spacial score (nSPS) is 12.0. The number of amides is 1. The van der Waals surface area contributed by atoms with Crippen LogP contribution in [0, 0.1) is 10.1 Å². The number of benzene rings is 3. The van der Waals surface area contributed by atoms with E-state index in [0.717, 1.165) is 0 Å². The fourth-order valence-electron chi connectivity index (χ4n) is 3.98. The van der Waals surface area contributed by atoms with Crippen LogP contribution in [-0.4, -0.2) is 55.9 Å². The number of ether oxygens (including phenoxy) is 3. The number of nitro groups is 1. The van der Waals surface area contributed by atoms with Gasteiger partial charge in [-0.1, -0.05) is 48.5 Å². The summed E-state index contributed by atoms with van der Waals surface area (Å²) in [6.07, 6.45) is -0.396. The van der Waals surface area contributed by atoms with Crippen LogP contribution in [0.5, 0.6) is 5.75 Å². The monoisotopic (exact) mass is 462 g/mol. The van der Waals surface area contributed by atoms with Crippen molar-refractivity contribution in [3.8, 4) is 16.9 Å². The topological polar surface area (TPSA) is 91.1 Å². The van der Waals surface area contributed by atoms with Crippen molar-refractivity contribution in [1.29, 1.82) is 0 Å². The molecule has 4 rings (SSSR count). The molecule has 0 bridgehead atoms. The Hall–Kier alpha value is -3.91. The van der Waals surface area contributed by atoms with E-state index in [4.69, 9.17) is 14.2 Å². The summed E-state index contributed by atoms with van der Waals surface area (Å²) in [5.74, 6) is 0.558. The number of hydrogen-bond donors (Lipinski definition) is 0. The lowest BCUT2D eigenvalue weighted by molar-refractivity contribution is -0.384. The van der Waals surface area contributed by atoms with Crippen molar-refractivity contribution in [2.45, 2.75) is 5.92 Å². The highest BCUT2D eigenvalue weighted by Crippen LogP contribution is 2.44. The quantitative estimate of drug-likeness (QED) is 0.243. The van der Waals surface area contributed by atoms with E-state index < -0.39 is 11.0 Å². The van der Waals surface area contributed by atoms with Gasteiger partial charge in [-0.05, 0) is 34.4 Å². The highest BCUT2D eigenvalue weighted by atomic mass is 16.6. The molecule has 3 aromatic rings. The number of nitro benzene ring substituents is 1. The van der Waals surface area contributed by atoms with Gasteiger partial charge in [-0.3, -0.25) is 10.1 Å². The molecule has 1 amide bonds. The second-order valence-electron chi connectivity index (χ2n) is 7.94. The van der Waals surface area contributed by atoms with Crippen LogP contribution in [0.25, 0.3) is 11.1 Å². The molecule has 0 aromatic heterocycles.